The number of hydrogen-bond acceptors (Lipinski definition) is 5. The summed E-state index contributed by atoms with van der Waals surface area (Å²) in [5.74, 6) is -1.07. The van der Waals surface area contributed by atoms with Gasteiger partial charge in [-0.1, -0.05) is 70.4 Å². The van der Waals surface area contributed by atoms with Crippen molar-refractivity contribution in [1.29, 1.82) is 0 Å². The molecule has 8 heteroatoms. The number of halogens is 2. The van der Waals surface area contributed by atoms with Crippen LogP contribution in [0.3, 0.4) is 0 Å². The number of carbonyl (C=O) groups is 2. The molecule has 0 N–H and O–H groups in total. The first kappa shape index (κ1) is 21.0. The molecule has 156 valence electrons. The number of rotatable bonds is 6. The van der Waals surface area contributed by atoms with E-state index in [4.69, 9.17) is 27.9 Å². The highest BCUT2D eigenvalue weighted by molar-refractivity contribution is 6.36. The molecule has 0 aliphatic rings. The number of aryl methyl sites for hydroxylation is 1. The van der Waals surface area contributed by atoms with Crippen LogP contribution in [0.5, 0.6) is 0 Å². The summed E-state index contributed by atoms with van der Waals surface area (Å²) in [5.41, 5.74) is 2.97. The SMILES string of the molecule is Cc1ccc(C(=O)C(Cn2nnc3ccccc32)OC(=O)c2ccc(Cl)cc2Cl)cc1. The van der Waals surface area contributed by atoms with Gasteiger partial charge in [0, 0.05) is 10.6 Å². The molecule has 0 fully saturated rings. The van der Waals surface area contributed by atoms with Gasteiger partial charge in [0.1, 0.15) is 5.52 Å². The highest BCUT2D eigenvalue weighted by atomic mass is 35.5. The van der Waals surface area contributed by atoms with Gasteiger partial charge in [-0.25, -0.2) is 9.48 Å². The van der Waals surface area contributed by atoms with Gasteiger partial charge in [0.05, 0.1) is 22.6 Å². The van der Waals surface area contributed by atoms with Gasteiger partial charge in [0.2, 0.25) is 5.78 Å². The first-order chi connectivity index (χ1) is 14.9. The summed E-state index contributed by atoms with van der Waals surface area (Å²) >= 11 is 12.1. The molecule has 1 heterocycles. The number of ketones is 1. The summed E-state index contributed by atoms with van der Waals surface area (Å²) in [5, 5.41) is 8.75. The smallest absolute Gasteiger partial charge is 0.340 e. The summed E-state index contributed by atoms with van der Waals surface area (Å²) < 4.78 is 7.17. The first-order valence-electron chi connectivity index (χ1n) is 9.47. The number of hydrogen-bond donors (Lipinski definition) is 0. The molecule has 1 unspecified atom stereocenters. The Bertz CT molecular complexity index is 1270. The minimum absolute atomic E-state index is 0.00414. The maximum atomic E-state index is 13.2. The van der Waals surface area contributed by atoms with Crippen LogP contribution in [0.2, 0.25) is 10.0 Å². The quantitative estimate of drug-likeness (QED) is 0.297. The molecule has 4 rings (SSSR count). The van der Waals surface area contributed by atoms with E-state index >= 15 is 0 Å². The predicted molar refractivity (Wildman–Crippen MR) is 119 cm³/mol. The summed E-state index contributed by atoms with van der Waals surface area (Å²) in [6.07, 6.45) is -1.13. The van der Waals surface area contributed by atoms with Gasteiger partial charge < -0.3 is 4.74 Å². The number of carbonyl (C=O) groups excluding carboxylic acids is 2. The number of fused-ring (bicyclic) bond motifs is 1. The van der Waals surface area contributed by atoms with Gasteiger partial charge in [0.25, 0.3) is 0 Å². The third-order valence-corrected chi connectivity index (χ3v) is 5.34. The second-order valence-corrected chi connectivity index (χ2v) is 7.85. The molecule has 0 aliphatic heterocycles. The van der Waals surface area contributed by atoms with Crippen LogP contribution >= 0.6 is 23.2 Å². The Labute approximate surface area is 188 Å². The van der Waals surface area contributed by atoms with Gasteiger partial charge in [-0.05, 0) is 37.3 Å². The second kappa shape index (κ2) is 8.88. The summed E-state index contributed by atoms with van der Waals surface area (Å²) in [6, 6.07) is 18.8. The lowest BCUT2D eigenvalue weighted by atomic mass is 10.0. The Morgan fingerprint density at radius 2 is 1.77 bits per heavy atom. The van der Waals surface area contributed by atoms with Crippen molar-refractivity contribution >= 4 is 46.0 Å². The Kier molecular flexibility index (Phi) is 6.02. The van der Waals surface area contributed by atoms with E-state index in [1.54, 1.807) is 16.8 Å². The van der Waals surface area contributed by atoms with Crippen molar-refractivity contribution in [3.05, 3.63) is 93.5 Å². The Morgan fingerprint density at radius 1 is 1.03 bits per heavy atom. The minimum Gasteiger partial charge on any atom is -0.448 e. The fraction of sp³-hybridized carbons (Fsp3) is 0.130. The van der Waals surface area contributed by atoms with Gasteiger partial charge >= 0.3 is 5.97 Å². The Hall–Kier alpha value is -3.22. The molecule has 0 radical (unpaired) electrons. The number of esters is 1. The maximum Gasteiger partial charge on any atom is 0.340 e. The standard InChI is InChI=1S/C23H17Cl2N3O3/c1-14-6-8-15(9-7-14)22(29)21(13-28-20-5-3-2-4-19(20)26-27-28)31-23(30)17-11-10-16(24)12-18(17)25/h2-12,21H,13H2,1H3. The average molecular weight is 454 g/mol. The van der Waals surface area contributed by atoms with Crippen molar-refractivity contribution in [1.82, 2.24) is 15.0 Å². The number of para-hydroxylation sites is 1. The number of Topliss-reactive ketones (excluding diaryl/α,β-unsaturated/α-hetero) is 1. The monoisotopic (exact) mass is 453 g/mol. The van der Waals surface area contributed by atoms with Crippen LogP contribution in [0.4, 0.5) is 0 Å². The number of aromatic nitrogens is 3. The summed E-state index contributed by atoms with van der Waals surface area (Å²) in [4.78, 5) is 26.1. The van der Waals surface area contributed by atoms with Gasteiger partial charge in [-0.2, -0.15) is 0 Å². The Morgan fingerprint density at radius 3 is 2.52 bits per heavy atom. The van der Waals surface area contributed by atoms with E-state index in [0.717, 1.165) is 11.1 Å². The molecule has 6 nitrogen and oxygen atoms in total. The highest BCUT2D eigenvalue weighted by Gasteiger charge is 2.27. The maximum absolute atomic E-state index is 13.2. The van der Waals surface area contributed by atoms with E-state index in [-0.39, 0.29) is 22.9 Å². The number of ether oxygens (including phenoxy) is 1. The summed E-state index contributed by atoms with van der Waals surface area (Å²) in [6.45, 7) is 1.93. The molecule has 4 aromatic rings. The van der Waals surface area contributed by atoms with Crippen molar-refractivity contribution in [2.45, 2.75) is 19.6 Å². The van der Waals surface area contributed by atoms with Crippen molar-refractivity contribution in [2.75, 3.05) is 0 Å². The zero-order valence-electron chi connectivity index (χ0n) is 16.5. The minimum atomic E-state index is -1.13. The molecule has 0 spiro atoms. The fourth-order valence-corrected chi connectivity index (χ4v) is 3.62. The molecule has 0 aliphatic carbocycles. The molecule has 1 aromatic heterocycles. The van der Waals surface area contributed by atoms with E-state index < -0.39 is 12.1 Å². The predicted octanol–water partition coefficient (Wildman–Crippen LogP) is 5.16. The first-order valence-corrected chi connectivity index (χ1v) is 10.2. The van der Waals surface area contributed by atoms with E-state index in [2.05, 4.69) is 10.3 Å². The van der Waals surface area contributed by atoms with Crippen LogP contribution in [0.15, 0.2) is 66.7 Å². The van der Waals surface area contributed by atoms with E-state index in [0.29, 0.717) is 16.1 Å². The Balaban J connectivity index is 1.67. The molecule has 0 bridgehead atoms. The van der Waals surface area contributed by atoms with Gasteiger partial charge in [-0.3, -0.25) is 4.79 Å². The van der Waals surface area contributed by atoms with Crippen molar-refractivity contribution in [3.8, 4) is 0 Å². The van der Waals surface area contributed by atoms with E-state index in [1.165, 1.54) is 18.2 Å². The molecular weight excluding hydrogens is 437 g/mol. The lowest BCUT2D eigenvalue weighted by Gasteiger charge is -2.18. The fourth-order valence-electron chi connectivity index (χ4n) is 3.13. The zero-order valence-corrected chi connectivity index (χ0v) is 18.0. The van der Waals surface area contributed by atoms with Gasteiger partial charge in [-0.15, -0.1) is 5.10 Å². The molecular formula is C23H17Cl2N3O3. The largest absolute Gasteiger partial charge is 0.448 e. The van der Waals surface area contributed by atoms with Crippen LogP contribution in [0, 0.1) is 6.92 Å². The topological polar surface area (TPSA) is 74.1 Å². The molecule has 31 heavy (non-hydrogen) atoms. The molecule has 0 amide bonds. The van der Waals surface area contributed by atoms with E-state index in [1.807, 2.05) is 43.3 Å². The molecule has 3 aromatic carbocycles. The van der Waals surface area contributed by atoms with Crippen LogP contribution in [0.25, 0.3) is 11.0 Å². The van der Waals surface area contributed by atoms with Crippen LogP contribution in [-0.2, 0) is 11.3 Å². The average Bonchev–Trinajstić information content (AvgIpc) is 3.16. The third-order valence-electron chi connectivity index (χ3n) is 4.79. The molecule has 0 saturated carbocycles. The third kappa shape index (κ3) is 4.60. The van der Waals surface area contributed by atoms with Crippen LogP contribution < -0.4 is 0 Å². The summed E-state index contributed by atoms with van der Waals surface area (Å²) in [7, 11) is 0. The zero-order chi connectivity index (χ0) is 22.0. The lowest BCUT2D eigenvalue weighted by molar-refractivity contribution is 0.0245. The van der Waals surface area contributed by atoms with Gasteiger partial charge in [0.15, 0.2) is 6.10 Å². The molecule has 0 saturated heterocycles. The van der Waals surface area contributed by atoms with Crippen LogP contribution in [-0.4, -0.2) is 32.9 Å². The highest BCUT2D eigenvalue weighted by Crippen LogP contribution is 2.23. The second-order valence-electron chi connectivity index (χ2n) is 7.01. The van der Waals surface area contributed by atoms with Crippen molar-refractivity contribution in [3.63, 3.8) is 0 Å². The molecule has 1 atom stereocenters. The van der Waals surface area contributed by atoms with Crippen LogP contribution in [0.1, 0.15) is 26.3 Å². The van der Waals surface area contributed by atoms with E-state index in [9.17, 15) is 9.59 Å². The van der Waals surface area contributed by atoms with Crippen molar-refractivity contribution < 1.29 is 14.3 Å². The lowest BCUT2D eigenvalue weighted by Crippen LogP contribution is -2.32. The van der Waals surface area contributed by atoms with Crippen molar-refractivity contribution in [2.24, 2.45) is 0 Å². The normalized spacial score (nSPS) is 12.0. The number of benzene rings is 3. The number of nitrogens with zero attached hydrogens (tertiary/aromatic N) is 3.